The SMILES string of the molecule is CC1=CC=c2nc(C)oc2=CC1. The molecule has 0 bridgehead atoms. The predicted molar refractivity (Wildman–Crippen MR) is 47.8 cm³/mol. The lowest BCUT2D eigenvalue weighted by Crippen LogP contribution is -2.20. The van der Waals surface area contributed by atoms with Crippen molar-refractivity contribution in [2.45, 2.75) is 20.3 Å². The Kier molecular flexibility index (Phi) is 1.61. The minimum atomic E-state index is 0.737. The fourth-order valence-corrected chi connectivity index (χ4v) is 1.27. The van der Waals surface area contributed by atoms with Gasteiger partial charge in [0.2, 0.25) is 0 Å². The third-order valence-electron chi connectivity index (χ3n) is 1.92. The molecule has 0 saturated heterocycles. The van der Waals surface area contributed by atoms with Gasteiger partial charge in [0.25, 0.3) is 0 Å². The smallest absolute Gasteiger partial charge is 0.192 e. The van der Waals surface area contributed by atoms with Crippen LogP contribution in [-0.2, 0) is 0 Å². The van der Waals surface area contributed by atoms with Crippen LogP contribution in [0.1, 0.15) is 19.2 Å². The zero-order chi connectivity index (χ0) is 8.55. The number of fused-ring (bicyclic) bond motifs is 1. The van der Waals surface area contributed by atoms with E-state index in [0.717, 1.165) is 23.1 Å². The summed E-state index contributed by atoms with van der Waals surface area (Å²) >= 11 is 0. The first kappa shape index (κ1) is 7.35. The summed E-state index contributed by atoms with van der Waals surface area (Å²) in [5.41, 5.74) is 2.24. The summed E-state index contributed by atoms with van der Waals surface area (Å²) in [6, 6.07) is 0. The average Bonchev–Trinajstić information content (AvgIpc) is 2.31. The van der Waals surface area contributed by atoms with Crippen molar-refractivity contribution in [1.29, 1.82) is 0 Å². The number of rotatable bonds is 0. The van der Waals surface area contributed by atoms with Crippen LogP contribution < -0.4 is 10.8 Å². The van der Waals surface area contributed by atoms with Gasteiger partial charge in [-0.1, -0.05) is 11.6 Å². The van der Waals surface area contributed by atoms with Gasteiger partial charge >= 0.3 is 0 Å². The Labute approximate surface area is 70.9 Å². The Morgan fingerprint density at radius 2 is 2.17 bits per heavy atom. The summed E-state index contributed by atoms with van der Waals surface area (Å²) in [6.45, 7) is 3.97. The number of hydrogen-bond acceptors (Lipinski definition) is 2. The summed E-state index contributed by atoms with van der Waals surface area (Å²) in [7, 11) is 0. The Bertz CT molecular complexity index is 437. The van der Waals surface area contributed by atoms with Crippen molar-refractivity contribution in [3.8, 4) is 0 Å². The molecule has 1 aromatic heterocycles. The van der Waals surface area contributed by atoms with Gasteiger partial charge in [0.05, 0.1) is 0 Å². The van der Waals surface area contributed by atoms with E-state index in [9.17, 15) is 0 Å². The van der Waals surface area contributed by atoms with Gasteiger partial charge < -0.3 is 4.42 Å². The Morgan fingerprint density at radius 3 is 3.00 bits per heavy atom. The lowest BCUT2D eigenvalue weighted by Gasteiger charge is -1.87. The molecule has 0 amide bonds. The lowest BCUT2D eigenvalue weighted by molar-refractivity contribution is 0.491. The first-order valence-electron chi connectivity index (χ1n) is 4.07. The molecular weight excluding hydrogens is 150 g/mol. The standard InChI is InChI=1S/C10H11NO/c1-7-3-5-9-10(6-4-7)12-8(2)11-9/h3,5-6H,4H2,1-2H3. The Morgan fingerprint density at radius 1 is 1.33 bits per heavy atom. The maximum atomic E-state index is 5.40. The molecule has 1 aliphatic carbocycles. The Balaban J connectivity index is 2.70. The van der Waals surface area contributed by atoms with Gasteiger partial charge in [-0.3, -0.25) is 0 Å². The molecule has 1 aliphatic rings. The van der Waals surface area contributed by atoms with Crippen molar-refractivity contribution in [3.63, 3.8) is 0 Å². The van der Waals surface area contributed by atoms with Crippen LogP contribution in [0.4, 0.5) is 0 Å². The van der Waals surface area contributed by atoms with Crippen LogP contribution >= 0.6 is 0 Å². The molecule has 0 saturated carbocycles. The topological polar surface area (TPSA) is 26.0 Å². The number of allylic oxidation sites excluding steroid dienone is 2. The van der Waals surface area contributed by atoms with Gasteiger partial charge in [-0.2, -0.15) is 0 Å². The number of nitrogens with zero attached hydrogens (tertiary/aromatic N) is 1. The number of aromatic nitrogens is 1. The summed E-state index contributed by atoms with van der Waals surface area (Å²) in [6.07, 6.45) is 7.12. The van der Waals surface area contributed by atoms with Crippen LogP contribution in [0, 0.1) is 6.92 Å². The zero-order valence-corrected chi connectivity index (χ0v) is 7.29. The summed E-state index contributed by atoms with van der Waals surface area (Å²) < 4.78 is 5.40. The first-order chi connectivity index (χ1) is 5.75. The van der Waals surface area contributed by atoms with E-state index in [2.05, 4.69) is 24.1 Å². The van der Waals surface area contributed by atoms with Crippen molar-refractivity contribution in [1.82, 2.24) is 4.98 Å². The van der Waals surface area contributed by atoms with Crippen LogP contribution in [0.3, 0.4) is 0 Å². The molecular formula is C10H11NO. The number of hydrogen-bond donors (Lipinski definition) is 0. The van der Waals surface area contributed by atoms with Gasteiger partial charge in [0.15, 0.2) is 11.3 Å². The molecule has 12 heavy (non-hydrogen) atoms. The van der Waals surface area contributed by atoms with Crippen LogP contribution in [0.25, 0.3) is 12.2 Å². The van der Waals surface area contributed by atoms with Gasteiger partial charge in [-0.05, 0) is 25.5 Å². The molecule has 2 rings (SSSR count). The monoisotopic (exact) mass is 161 g/mol. The molecule has 0 N–H and O–H groups in total. The maximum Gasteiger partial charge on any atom is 0.192 e. The van der Waals surface area contributed by atoms with Gasteiger partial charge in [-0.15, -0.1) is 0 Å². The largest absolute Gasteiger partial charge is 0.441 e. The second kappa shape index (κ2) is 2.63. The van der Waals surface area contributed by atoms with E-state index >= 15 is 0 Å². The highest BCUT2D eigenvalue weighted by Crippen LogP contribution is 2.01. The molecule has 1 heterocycles. The predicted octanol–water partition coefficient (Wildman–Crippen LogP) is 0.894. The molecule has 0 spiro atoms. The van der Waals surface area contributed by atoms with Crippen molar-refractivity contribution < 1.29 is 4.42 Å². The molecule has 2 heteroatoms. The zero-order valence-electron chi connectivity index (χ0n) is 7.29. The summed E-state index contributed by atoms with van der Waals surface area (Å²) in [5, 5.41) is 0.948. The van der Waals surface area contributed by atoms with E-state index in [1.165, 1.54) is 5.57 Å². The molecule has 0 unspecified atom stereocenters. The summed E-state index contributed by atoms with van der Waals surface area (Å²) in [4.78, 5) is 4.25. The highest BCUT2D eigenvalue weighted by Gasteiger charge is 1.98. The molecule has 0 fully saturated rings. The maximum absolute atomic E-state index is 5.40. The van der Waals surface area contributed by atoms with Crippen LogP contribution in [0.5, 0.6) is 0 Å². The molecule has 2 nitrogen and oxygen atoms in total. The van der Waals surface area contributed by atoms with E-state index < -0.39 is 0 Å². The van der Waals surface area contributed by atoms with Gasteiger partial charge in [0, 0.05) is 6.92 Å². The highest BCUT2D eigenvalue weighted by molar-refractivity contribution is 5.43. The molecule has 0 atom stereocenters. The second-order valence-corrected chi connectivity index (χ2v) is 3.07. The molecule has 62 valence electrons. The molecule has 0 aliphatic heterocycles. The second-order valence-electron chi connectivity index (χ2n) is 3.07. The van der Waals surface area contributed by atoms with Crippen LogP contribution in [0.15, 0.2) is 16.1 Å². The average molecular weight is 161 g/mol. The van der Waals surface area contributed by atoms with Crippen molar-refractivity contribution in [3.05, 3.63) is 28.3 Å². The highest BCUT2D eigenvalue weighted by atomic mass is 16.3. The van der Waals surface area contributed by atoms with Crippen LogP contribution in [0.2, 0.25) is 0 Å². The normalized spacial score (nSPS) is 15.3. The van der Waals surface area contributed by atoms with E-state index in [4.69, 9.17) is 4.42 Å². The first-order valence-corrected chi connectivity index (χ1v) is 4.07. The van der Waals surface area contributed by atoms with Gasteiger partial charge in [-0.25, -0.2) is 4.98 Å². The minimum Gasteiger partial charge on any atom is -0.441 e. The van der Waals surface area contributed by atoms with Crippen LogP contribution in [-0.4, -0.2) is 4.98 Å². The summed E-state index contributed by atoms with van der Waals surface area (Å²) in [5.74, 6) is 0.737. The van der Waals surface area contributed by atoms with Crippen molar-refractivity contribution in [2.75, 3.05) is 0 Å². The third kappa shape index (κ3) is 1.20. The fourth-order valence-electron chi connectivity index (χ4n) is 1.27. The minimum absolute atomic E-state index is 0.737. The Hall–Kier alpha value is -1.31. The fraction of sp³-hybridized carbons (Fsp3) is 0.300. The number of aryl methyl sites for hydroxylation is 1. The van der Waals surface area contributed by atoms with E-state index in [0.29, 0.717) is 0 Å². The number of oxazole rings is 1. The van der Waals surface area contributed by atoms with Crippen molar-refractivity contribution in [2.24, 2.45) is 0 Å². The molecule has 1 aromatic rings. The molecule has 0 radical (unpaired) electrons. The lowest BCUT2D eigenvalue weighted by atomic mass is 10.2. The molecule has 0 aromatic carbocycles. The van der Waals surface area contributed by atoms with E-state index in [1.54, 1.807) is 0 Å². The van der Waals surface area contributed by atoms with E-state index in [1.807, 2.05) is 13.0 Å². The quantitative estimate of drug-likeness (QED) is 0.565. The van der Waals surface area contributed by atoms with Crippen molar-refractivity contribution >= 4 is 12.2 Å². The van der Waals surface area contributed by atoms with E-state index in [-0.39, 0.29) is 0 Å². The van der Waals surface area contributed by atoms with Gasteiger partial charge in [0.1, 0.15) is 5.35 Å². The third-order valence-corrected chi connectivity index (χ3v) is 1.92.